The Kier molecular flexibility index (Phi) is 5.26. The van der Waals surface area contributed by atoms with Gasteiger partial charge in [0.05, 0.1) is 35.4 Å². The van der Waals surface area contributed by atoms with Gasteiger partial charge in [-0.2, -0.15) is 8.75 Å². The number of hydrazine groups is 1. The number of hydrogen-bond donors (Lipinski definition) is 2. The van der Waals surface area contributed by atoms with Crippen LogP contribution in [0.1, 0.15) is 31.5 Å². The van der Waals surface area contributed by atoms with Crippen molar-refractivity contribution in [2.24, 2.45) is 5.84 Å². The van der Waals surface area contributed by atoms with Crippen LogP contribution in [-0.4, -0.2) is 28.7 Å². The number of nitrogens with two attached hydrogens (primary N) is 1. The molecular weight excluding hydrogens is 248 g/mol. The monoisotopic (exact) mass is 264 g/mol. The van der Waals surface area contributed by atoms with Crippen LogP contribution in [0.4, 0.5) is 0 Å². The van der Waals surface area contributed by atoms with Crippen LogP contribution in [-0.2, 0) is 9.84 Å². The Hall–Kier alpha value is -0.570. The van der Waals surface area contributed by atoms with Crippen LogP contribution in [0.5, 0.6) is 0 Å². The standard InChI is InChI=1S/C8H16N4O2S2/c1-2-16(13,14)5-3-4-7(11-9)8-6-10-15-12-8/h6-7,11H,2-5,9H2,1H3. The van der Waals surface area contributed by atoms with Crippen molar-refractivity contribution in [1.82, 2.24) is 14.2 Å². The van der Waals surface area contributed by atoms with Crippen LogP contribution < -0.4 is 11.3 Å². The summed E-state index contributed by atoms with van der Waals surface area (Å²) >= 11 is 1.11. The van der Waals surface area contributed by atoms with Gasteiger partial charge in [0.1, 0.15) is 9.84 Å². The molecular formula is C8H16N4O2S2. The summed E-state index contributed by atoms with van der Waals surface area (Å²) in [7, 11) is -2.89. The third-order valence-electron chi connectivity index (χ3n) is 2.32. The van der Waals surface area contributed by atoms with E-state index in [0.717, 1.165) is 17.4 Å². The van der Waals surface area contributed by atoms with Gasteiger partial charge in [0.15, 0.2) is 0 Å². The van der Waals surface area contributed by atoms with Gasteiger partial charge >= 0.3 is 0 Å². The van der Waals surface area contributed by atoms with Gasteiger partial charge in [0.2, 0.25) is 0 Å². The molecule has 1 aromatic rings. The molecule has 0 saturated carbocycles. The van der Waals surface area contributed by atoms with Crippen LogP contribution in [0.15, 0.2) is 6.20 Å². The molecule has 8 heteroatoms. The van der Waals surface area contributed by atoms with Crippen molar-refractivity contribution in [3.05, 3.63) is 11.9 Å². The molecule has 0 amide bonds. The maximum Gasteiger partial charge on any atom is 0.150 e. The molecule has 0 bridgehead atoms. The molecule has 0 aliphatic heterocycles. The van der Waals surface area contributed by atoms with Gasteiger partial charge in [-0.05, 0) is 12.8 Å². The van der Waals surface area contributed by atoms with Crippen molar-refractivity contribution in [3.8, 4) is 0 Å². The summed E-state index contributed by atoms with van der Waals surface area (Å²) in [5, 5.41) is 0. The van der Waals surface area contributed by atoms with E-state index in [1.165, 1.54) is 0 Å². The van der Waals surface area contributed by atoms with E-state index in [4.69, 9.17) is 5.84 Å². The second-order valence-corrected chi connectivity index (χ2v) is 6.46. The SMILES string of the molecule is CCS(=O)(=O)CCCC(NN)c1cnsn1. The van der Waals surface area contributed by atoms with E-state index >= 15 is 0 Å². The zero-order valence-corrected chi connectivity index (χ0v) is 10.7. The highest BCUT2D eigenvalue weighted by atomic mass is 32.2. The number of nitrogens with one attached hydrogen (secondary N) is 1. The largest absolute Gasteiger partial charge is 0.271 e. The lowest BCUT2D eigenvalue weighted by Gasteiger charge is -2.12. The molecule has 1 aromatic heterocycles. The molecule has 1 unspecified atom stereocenters. The molecule has 0 aliphatic carbocycles. The van der Waals surface area contributed by atoms with Crippen molar-refractivity contribution < 1.29 is 8.42 Å². The van der Waals surface area contributed by atoms with E-state index in [9.17, 15) is 8.42 Å². The minimum atomic E-state index is -2.89. The molecule has 6 nitrogen and oxygen atoms in total. The second-order valence-electron chi connectivity index (χ2n) is 3.43. The summed E-state index contributed by atoms with van der Waals surface area (Å²) in [4.78, 5) is 0. The number of sulfone groups is 1. The van der Waals surface area contributed by atoms with E-state index in [1.54, 1.807) is 13.1 Å². The molecule has 1 rings (SSSR count). The highest BCUT2D eigenvalue weighted by Crippen LogP contribution is 2.16. The van der Waals surface area contributed by atoms with Gasteiger partial charge in [0, 0.05) is 5.75 Å². The predicted octanol–water partition coefficient (Wildman–Crippen LogP) is 0.257. The van der Waals surface area contributed by atoms with Crippen molar-refractivity contribution in [2.75, 3.05) is 11.5 Å². The Morgan fingerprint density at radius 2 is 2.38 bits per heavy atom. The Labute approximate surface area is 99.5 Å². The topological polar surface area (TPSA) is 98.0 Å². The predicted molar refractivity (Wildman–Crippen MR) is 63.5 cm³/mol. The number of nitrogens with zero attached hydrogens (tertiary/aromatic N) is 2. The first-order chi connectivity index (χ1) is 7.59. The Balaban J connectivity index is 2.42. The number of hydrogen-bond acceptors (Lipinski definition) is 7. The van der Waals surface area contributed by atoms with E-state index in [1.807, 2.05) is 0 Å². The van der Waals surface area contributed by atoms with Gasteiger partial charge in [-0.3, -0.25) is 11.3 Å². The van der Waals surface area contributed by atoms with Crippen molar-refractivity contribution in [2.45, 2.75) is 25.8 Å². The molecule has 0 spiro atoms. The first kappa shape index (κ1) is 13.5. The lowest BCUT2D eigenvalue weighted by Crippen LogP contribution is -2.28. The fourth-order valence-corrected chi connectivity index (χ4v) is 2.66. The van der Waals surface area contributed by atoms with Crippen LogP contribution >= 0.6 is 11.7 Å². The van der Waals surface area contributed by atoms with Crippen LogP contribution in [0.2, 0.25) is 0 Å². The highest BCUT2D eigenvalue weighted by Gasteiger charge is 2.14. The van der Waals surface area contributed by atoms with E-state index in [0.29, 0.717) is 12.8 Å². The molecule has 92 valence electrons. The van der Waals surface area contributed by atoms with Crippen molar-refractivity contribution in [3.63, 3.8) is 0 Å². The van der Waals surface area contributed by atoms with E-state index in [-0.39, 0.29) is 17.5 Å². The zero-order valence-electron chi connectivity index (χ0n) is 9.09. The van der Waals surface area contributed by atoms with Gasteiger partial charge in [0.25, 0.3) is 0 Å². The molecule has 0 fully saturated rings. The first-order valence-corrected chi connectivity index (χ1v) is 7.58. The second kappa shape index (κ2) is 6.24. The lowest BCUT2D eigenvalue weighted by atomic mass is 10.1. The molecule has 0 radical (unpaired) electrons. The fraction of sp³-hybridized carbons (Fsp3) is 0.750. The zero-order chi connectivity index (χ0) is 12.0. The summed E-state index contributed by atoms with van der Waals surface area (Å²) in [6, 6.07) is -0.120. The summed E-state index contributed by atoms with van der Waals surface area (Å²) < 4.78 is 30.5. The molecule has 0 saturated heterocycles. The first-order valence-electron chi connectivity index (χ1n) is 5.03. The summed E-state index contributed by atoms with van der Waals surface area (Å²) in [6.07, 6.45) is 2.85. The van der Waals surface area contributed by atoms with Crippen molar-refractivity contribution in [1.29, 1.82) is 0 Å². The molecule has 16 heavy (non-hydrogen) atoms. The molecule has 0 aliphatic rings. The Morgan fingerprint density at radius 3 is 2.88 bits per heavy atom. The van der Waals surface area contributed by atoms with Crippen LogP contribution in [0, 0.1) is 0 Å². The fourth-order valence-electron chi connectivity index (χ4n) is 1.29. The Bertz CT molecular complexity index is 390. The maximum atomic E-state index is 11.3. The molecule has 1 heterocycles. The van der Waals surface area contributed by atoms with Gasteiger partial charge in [-0.25, -0.2) is 8.42 Å². The molecule has 1 atom stereocenters. The summed E-state index contributed by atoms with van der Waals surface area (Å²) in [5.41, 5.74) is 3.38. The van der Waals surface area contributed by atoms with Gasteiger partial charge in [-0.1, -0.05) is 6.92 Å². The quantitative estimate of drug-likeness (QED) is 0.541. The average Bonchev–Trinajstić information content (AvgIpc) is 2.78. The number of rotatable bonds is 7. The summed E-state index contributed by atoms with van der Waals surface area (Å²) in [5.74, 6) is 5.76. The van der Waals surface area contributed by atoms with E-state index < -0.39 is 9.84 Å². The normalized spacial score (nSPS) is 13.9. The minimum absolute atomic E-state index is 0.120. The minimum Gasteiger partial charge on any atom is -0.271 e. The smallest absolute Gasteiger partial charge is 0.150 e. The Morgan fingerprint density at radius 1 is 1.62 bits per heavy atom. The molecule has 3 N–H and O–H groups in total. The maximum absolute atomic E-state index is 11.3. The highest BCUT2D eigenvalue weighted by molar-refractivity contribution is 7.91. The van der Waals surface area contributed by atoms with Crippen molar-refractivity contribution >= 4 is 21.6 Å². The third-order valence-corrected chi connectivity index (χ3v) is 4.61. The van der Waals surface area contributed by atoms with Gasteiger partial charge in [-0.15, -0.1) is 0 Å². The van der Waals surface area contributed by atoms with Crippen LogP contribution in [0.25, 0.3) is 0 Å². The average molecular weight is 264 g/mol. The lowest BCUT2D eigenvalue weighted by molar-refractivity contribution is 0.499. The van der Waals surface area contributed by atoms with Crippen LogP contribution in [0.3, 0.4) is 0 Å². The van der Waals surface area contributed by atoms with Gasteiger partial charge < -0.3 is 0 Å². The molecule has 0 aromatic carbocycles. The van der Waals surface area contributed by atoms with E-state index in [2.05, 4.69) is 14.2 Å². The number of aromatic nitrogens is 2. The summed E-state index contributed by atoms with van der Waals surface area (Å²) in [6.45, 7) is 1.65. The third kappa shape index (κ3) is 4.12.